The van der Waals surface area contributed by atoms with Crippen LogP contribution in [0.2, 0.25) is 0 Å². The SMILES string of the molecule is COc1ccc(OC)c(-c2ccc(N3CCN(S(=O)(=O)c4cc(C)c(OC)cc4C)CC3)nn2)c1. The summed E-state index contributed by atoms with van der Waals surface area (Å²) >= 11 is 0. The predicted octanol–water partition coefficient (Wildman–Crippen LogP) is 3.30. The molecule has 0 saturated carbocycles. The van der Waals surface area contributed by atoms with Crippen molar-refractivity contribution in [3.05, 3.63) is 53.6 Å². The van der Waals surface area contributed by atoms with E-state index in [1.54, 1.807) is 40.4 Å². The third kappa shape index (κ3) is 4.89. The van der Waals surface area contributed by atoms with Crippen molar-refractivity contribution in [2.45, 2.75) is 18.7 Å². The fourth-order valence-electron chi connectivity index (χ4n) is 4.21. The third-order valence-corrected chi connectivity index (χ3v) is 8.25. The number of sulfonamides is 1. The smallest absolute Gasteiger partial charge is 0.243 e. The van der Waals surface area contributed by atoms with Crippen LogP contribution in [0.3, 0.4) is 0 Å². The van der Waals surface area contributed by atoms with Crippen LogP contribution in [0.25, 0.3) is 11.3 Å². The Kier molecular flexibility index (Phi) is 7.13. The lowest BCUT2D eigenvalue weighted by atomic mass is 10.1. The van der Waals surface area contributed by atoms with Gasteiger partial charge in [0.25, 0.3) is 0 Å². The average molecular weight is 499 g/mol. The average Bonchev–Trinajstić information content (AvgIpc) is 2.89. The lowest BCUT2D eigenvalue weighted by molar-refractivity contribution is 0.382. The number of hydrogen-bond donors (Lipinski definition) is 0. The topological polar surface area (TPSA) is 94.1 Å². The van der Waals surface area contributed by atoms with E-state index in [4.69, 9.17) is 14.2 Å². The number of methoxy groups -OCH3 is 3. The second-order valence-electron chi connectivity index (χ2n) is 8.32. The zero-order valence-electron chi connectivity index (χ0n) is 20.6. The molecule has 2 heterocycles. The highest BCUT2D eigenvalue weighted by molar-refractivity contribution is 7.89. The van der Waals surface area contributed by atoms with E-state index in [9.17, 15) is 8.42 Å². The van der Waals surface area contributed by atoms with Gasteiger partial charge in [-0.05, 0) is 67.4 Å². The summed E-state index contributed by atoms with van der Waals surface area (Å²) in [5.41, 5.74) is 2.91. The van der Waals surface area contributed by atoms with E-state index in [1.807, 2.05) is 42.2 Å². The van der Waals surface area contributed by atoms with Gasteiger partial charge in [0.2, 0.25) is 10.0 Å². The first-order chi connectivity index (χ1) is 16.8. The summed E-state index contributed by atoms with van der Waals surface area (Å²) in [7, 11) is 1.18. The summed E-state index contributed by atoms with van der Waals surface area (Å²) in [6.45, 7) is 5.39. The molecule has 2 aromatic carbocycles. The first-order valence-corrected chi connectivity index (χ1v) is 12.7. The maximum absolute atomic E-state index is 13.3. The number of aromatic nitrogens is 2. The summed E-state index contributed by atoms with van der Waals surface area (Å²) in [4.78, 5) is 2.36. The number of rotatable bonds is 7. The molecule has 0 amide bonds. The minimum atomic E-state index is -3.61. The lowest BCUT2D eigenvalue weighted by Crippen LogP contribution is -2.49. The zero-order valence-corrected chi connectivity index (χ0v) is 21.4. The second-order valence-corrected chi connectivity index (χ2v) is 10.2. The van der Waals surface area contributed by atoms with Gasteiger partial charge in [-0.25, -0.2) is 8.42 Å². The van der Waals surface area contributed by atoms with Crippen LogP contribution in [-0.2, 0) is 10.0 Å². The maximum Gasteiger partial charge on any atom is 0.243 e. The van der Waals surface area contributed by atoms with Crippen LogP contribution < -0.4 is 19.1 Å². The number of aryl methyl sites for hydroxylation is 2. The second kappa shape index (κ2) is 10.1. The van der Waals surface area contributed by atoms with Crippen LogP contribution in [0.1, 0.15) is 11.1 Å². The normalized spacial score (nSPS) is 14.6. The van der Waals surface area contributed by atoms with Crippen molar-refractivity contribution in [3.8, 4) is 28.5 Å². The Balaban J connectivity index is 1.48. The number of benzene rings is 2. The molecule has 0 N–H and O–H groups in total. The van der Waals surface area contributed by atoms with Crippen molar-refractivity contribution in [1.82, 2.24) is 14.5 Å². The van der Waals surface area contributed by atoms with Gasteiger partial charge in [-0.1, -0.05) is 0 Å². The molecule has 3 aromatic rings. The standard InChI is InChI=1S/C25H30N4O5S/c1-17-15-24(18(2)14-23(17)34-5)35(30,31)29-12-10-28(11-13-29)25-9-7-21(26-27-25)20-16-19(32-3)6-8-22(20)33-4/h6-9,14-16H,10-13H2,1-5H3. The van der Waals surface area contributed by atoms with E-state index >= 15 is 0 Å². The summed E-state index contributed by atoms with van der Waals surface area (Å²) in [6.07, 6.45) is 0. The molecule has 4 rings (SSSR count). The molecule has 1 aromatic heterocycles. The van der Waals surface area contributed by atoms with Crippen LogP contribution in [0, 0.1) is 13.8 Å². The summed E-state index contributed by atoms with van der Waals surface area (Å²) < 4.78 is 44.3. The van der Waals surface area contributed by atoms with Crippen molar-refractivity contribution in [1.29, 1.82) is 0 Å². The molecule has 0 bridgehead atoms. The first kappa shape index (κ1) is 24.7. The molecule has 1 fully saturated rings. The van der Waals surface area contributed by atoms with Crippen molar-refractivity contribution >= 4 is 15.8 Å². The molecule has 1 saturated heterocycles. The molecule has 0 unspecified atom stereocenters. The highest BCUT2D eigenvalue weighted by Crippen LogP contribution is 2.33. The number of anilines is 1. The first-order valence-electron chi connectivity index (χ1n) is 11.2. The number of piperazine rings is 1. The summed E-state index contributed by atoms with van der Waals surface area (Å²) in [5, 5.41) is 8.79. The molecular weight excluding hydrogens is 468 g/mol. The Hall–Kier alpha value is -3.37. The Morgan fingerprint density at radius 3 is 2.09 bits per heavy atom. The minimum Gasteiger partial charge on any atom is -0.497 e. The van der Waals surface area contributed by atoms with Gasteiger partial charge >= 0.3 is 0 Å². The van der Waals surface area contributed by atoms with Crippen LogP contribution in [0.4, 0.5) is 5.82 Å². The van der Waals surface area contributed by atoms with Crippen LogP contribution >= 0.6 is 0 Å². The van der Waals surface area contributed by atoms with Gasteiger partial charge in [0, 0.05) is 31.7 Å². The molecule has 0 radical (unpaired) electrons. The third-order valence-electron chi connectivity index (χ3n) is 6.21. The maximum atomic E-state index is 13.3. The summed E-state index contributed by atoms with van der Waals surface area (Å²) in [6, 6.07) is 12.7. The molecular formula is C25H30N4O5S. The zero-order chi connectivity index (χ0) is 25.2. The number of hydrogen-bond acceptors (Lipinski definition) is 8. The molecule has 1 aliphatic heterocycles. The van der Waals surface area contributed by atoms with E-state index < -0.39 is 10.0 Å². The Bertz CT molecular complexity index is 1300. The van der Waals surface area contributed by atoms with E-state index in [0.29, 0.717) is 65.4 Å². The Morgan fingerprint density at radius 1 is 0.771 bits per heavy atom. The van der Waals surface area contributed by atoms with Crippen LogP contribution in [0.5, 0.6) is 17.2 Å². The van der Waals surface area contributed by atoms with E-state index in [2.05, 4.69) is 10.2 Å². The predicted molar refractivity (Wildman–Crippen MR) is 134 cm³/mol. The fourth-order valence-corrected chi connectivity index (χ4v) is 5.92. The van der Waals surface area contributed by atoms with E-state index in [0.717, 1.165) is 11.1 Å². The van der Waals surface area contributed by atoms with E-state index in [-0.39, 0.29) is 0 Å². The van der Waals surface area contributed by atoms with Crippen LogP contribution in [0.15, 0.2) is 47.4 Å². The quantitative estimate of drug-likeness (QED) is 0.490. The van der Waals surface area contributed by atoms with Gasteiger partial charge in [0.1, 0.15) is 17.2 Å². The molecule has 10 heteroatoms. The number of ether oxygens (including phenoxy) is 3. The molecule has 0 aliphatic carbocycles. The molecule has 1 aliphatic rings. The minimum absolute atomic E-state index is 0.320. The Labute approximate surface area is 206 Å². The molecule has 35 heavy (non-hydrogen) atoms. The van der Waals surface area contributed by atoms with Gasteiger partial charge in [-0.15, -0.1) is 10.2 Å². The largest absolute Gasteiger partial charge is 0.497 e. The van der Waals surface area contributed by atoms with Gasteiger partial charge in [-0.3, -0.25) is 0 Å². The van der Waals surface area contributed by atoms with Crippen molar-refractivity contribution < 1.29 is 22.6 Å². The highest BCUT2D eigenvalue weighted by atomic mass is 32.2. The monoisotopic (exact) mass is 498 g/mol. The molecule has 0 spiro atoms. The highest BCUT2D eigenvalue weighted by Gasteiger charge is 2.30. The van der Waals surface area contributed by atoms with Crippen molar-refractivity contribution in [2.75, 3.05) is 52.4 Å². The van der Waals surface area contributed by atoms with Gasteiger partial charge in [0.05, 0.1) is 31.9 Å². The number of nitrogens with zero attached hydrogens (tertiary/aromatic N) is 4. The molecule has 186 valence electrons. The summed E-state index contributed by atoms with van der Waals surface area (Å²) in [5.74, 6) is 2.76. The fraction of sp³-hybridized carbons (Fsp3) is 0.360. The molecule has 0 atom stereocenters. The van der Waals surface area contributed by atoms with Gasteiger partial charge in [-0.2, -0.15) is 4.31 Å². The van der Waals surface area contributed by atoms with E-state index in [1.165, 1.54) is 4.31 Å². The van der Waals surface area contributed by atoms with Gasteiger partial charge in [0.15, 0.2) is 5.82 Å². The lowest BCUT2D eigenvalue weighted by Gasteiger charge is -2.34. The van der Waals surface area contributed by atoms with Crippen molar-refractivity contribution in [3.63, 3.8) is 0 Å². The van der Waals surface area contributed by atoms with Crippen molar-refractivity contribution in [2.24, 2.45) is 0 Å². The van der Waals surface area contributed by atoms with Gasteiger partial charge < -0.3 is 19.1 Å². The Morgan fingerprint density at radius 2 is 1.49 bits per heavy atom. The van der Waals surface area contributed by atoms with Crippen LogP contribution in [-0.4, -0.2) is 70.4 Å². The molecule has 9 nitrogen and oxygen atoms in total.